The second-order valence-corrected chi connectivity index (χ2v) is 4.64. The molecule has 1 aromatic carbocycles. The second-order valence-electron chi connectivity index (χ2n) is 4.64. The Morgan fingerprint density at radius 2 is 2.11 bits per heavy atom. The minimum absolute atomic E-state index is 0.155. The highest BCUT2D eigenvalue weighted by Gasteiger charge is 2.39. The van der Waals surface area contributed by atoms with Crippen LogP contribution < -0.4 is 4.90 Å². The monoisotopic (exact) mass is 274 g/mol. The summed E-state index contributed by atoms with van der Waals surface area (Å²) in [7, 11) is 0. The number of nitro groups is 1. The van der Waals surface area contributed by atoms with E-state index in [9.17, 15) is 23.3 Å². The minimum Gasteiger partial charge on any atom is -0.369 e. The zero-order valence-corrected chi connectivity index (χ0v) is 10.3. The molecule has 1 heterocycles. The average molecular weight is 274 g/mol. The van der Waals surface area contributed by atoms with Crippen LogP contribution in [0.1, 0.15) is 25.3 Å². The minimum atomic E-state index is -4.72. The first-order valence-corrected chi connectivity index (χ1v) is 5.93. The maximum Gasteiger partial charge on any atom is 0.423 e. The van der Waals surface area contributed by atoms with E-state index in [4.69, 9.17) is 0 Å². The number of hydrogen-bond acceptors (Lipinski definition) is 3. The molecule has 0 aromatic heterocycles. The van der Waals surface area contributed by atoms with Crippen molar-refractivity contribution in [2.45, 2.75) is 32.0 Å². The van der Waals surface area contributed by atoms with Gasteiger partial charge < -0.3 is 4.90 Å². The molecule has 0 radical (unpaired) electrons. The highest BCUT2D eigenvalue weighted by Crippen LogP contribution is 2.39. The standard InChI is InChI=1S/C12H13F3N2O2/c1-8-3-2-6-16(8)9-4-5-11(17(18)19)10(7-9)12(13,14)15/h4-5,7-8H,2-3,6H2,1H3. The number of rotatable bonds is 2. The third kappa shape index (κ3) is 2.64. The maximum atomic E-state index is 12.8. The predicted octanol–water partition coefficient (Wildman–Crippen LogP) is 3.60. The first kappa shape index (κ1) is 13.6. The van der Waals surface area contributed by atoms with Gasteiger partial charge >= 0.3 is 6.18 Å². The highest BCUT2D eigenvalue weighted by atomic mass is 19.4. The molecule has 0 bridgehead atoms. The molecule has 4 nitrogen and oxygen atoms in total. The Morgan fingerprint density at radius 3 is 2.58 bits per heavy atom. The van der Waals surface area contributed by atoms with Gasteiger partial charge in [-0.05, 0) is 31.9 Å². The molecule has 1 fully saturated rings. The van der Waals surface area contributed by atoms with Crippen LogP contribution in [0.4, 0.5) is 24.5 Å². The number of nitrogens with zero attached hydrogens (tertiary/aromatic N) is 2. The highest BCUT2D eigenvalue weighted by molar-refractivity contribution is 5.57. The quantitative estimate of drug-likeness (QED) is 0.611. The third-order valence-electron chi connectivity index (χ3n) is 3.37. The summed E-state index contributed by atoms with van der Waals surface area (Å²) in [4.78, 5) is 11.5. The van der Waals surface area contributed by atoms with E-state index >= 15 is 0 Å². The summed E-state index contributed by atoms with van der Waals surface area (Å²) in [6.07, 6.45) is -2.89. The molecule has 2 rings (SSSR count). The molecule has 19 heavy (non-hydrogen) atoms. The van der Waals surface area contributed by atoms with Crippen molar-refractivity contribution < 1.29 is 18.1 Å². The average Bonchev–Trinajstić information content (AvgIpc) is 2.73. The van der Waals surface area contributed by atoms with Gasteiger partial charge in [-0.2, -0.15) is 13.2 Å². The van der Waals surface area contributed by atoms with Crippen LogP contribution >= 0.6 is 0 Å². The van der Waals surface area contributed by atoms with Crippen LogP contribution in [-0.4, -0.2) is 17.5 Å². The van der Waals surface area contributed by atoms with Crippen molar-refractivity contribution >= 4 is 11.4 Å². The first-order valence-electron chi connectivity index (χ1n) is 5.93. The van der Waals surface area contributed by atoms with E-state index in [1.165, 1.54) is 6.07 Å². The second kappa shape index (κ2) is 4.71. The van der Waals surface area contributed by atoms with Crippen molar-refractivity contribution in [3.8, 4) is 0 Å². The van der Waals surface area contributed by atoms with E-state index in [0.717, 1.165) is 25.0 Å². The van der Waals surface area contributed by atoms with Gasteiger partial charge in [-0.3, -0.25) is 10.1 Å². The Balaban J connectivity index is 2.47. The van der Waals surface area contributed by atoms with Crippen LogP contribution in [0, 0.1) is 10.1 Å². The van der Waals surface area contributed by atoms with Gasteiger partial charge in [0.2, 0.25) is 0 Å². The van der Waals surface area contributed by atoms with Gasteiger partial charge in [-0.1, -0.05) is 0 Å². The van der Waals surface area contributed by atoms with Gasteiger partial charge in [0.25, 0.3) is 5.69 Å². The molecule has 0 N–H and O–H groups in total. The lowest BCUT2D eigenvalue weighted by molar-refractivity contribution is -0.388. The summed E-state index contributed by atoms with van der Waals surface area (Å²) < 4.78 is 38.5. The van der Waals surface area contributed by atoms with E-state index in [1.807, 2.05) is 11.8 Å². The van der Waals surface area contributed by atoms with Crippen LogP contribution in [0.25, 0.3) is 0 Å². The fraction of sp³-hybridized carbons (Fsp3) is 0.500. The van der Waals surface area contributed by atoms with Crippen molar-refractivity contribution in [3.05, 3.63) is 33.9 Å². The molecule has 1 saturated heterocycles. The van der Waals surface area contributed by atoms with Gasteiger partial charge in [0.05, 0.1) is 4.92 Å². The van der Waals surface area contributed by atoms with Crippen molar-refractivity contribution in [1.29, 1.82) is 0 Å². The van der Waals surface area contributed by atoms with Crippen LogP contribution in [0.5, 0.6) is 0 Å². The first-order chi connectivity index (χ1) is 8.80. The van der Waals surface area contributed by atoms with Gasteiger partial charge in [-0.25, -0.2) is 0 Å². The van der Waals surface area contributed by atoms with Crippen LogP contribution in [0.15, 0.2) is 18.2 Å². The van der Waals surface area contributed by atoms with Crippen molar-refractivity contribution in [2.75, 3.05) is 11.4 Å². The van der Waals surface area contributed by atoms with E-state index in [0.29, 0.717) is 12.2 Å². The van der Waals surface area contributed by atoms with Crippen LogP contribution in [0.3, 0.4) is 0 Å². The molecule has 0 spiro atoms. The van der Waals surface area contributed by atoms with E-state index in [2.05, 4.69) is 0 Å². The fourth-order valence-corrected chi connectivity index (χ4v) is 2.41. The van der Waals surface area contributed by atoms with Crippen molar-refractivity contribution in [2.24, 2.45) is 0 Å². The van der Waals surface area contributed by atoms with Crippen LogP contribution in [-0.2, 0) is 6.18 Å². The number of halogens is 3. The Labute approximate surface area is 108 Å². The predicted molar refractivity (Wildman–Crippen MR) is 64.1 cm³/mol. The molecule has 1 aliphatic heterocycles. The molecule has 7 heteroatoms. The summed E-state index contributed by atoms with van der Waals surface area (Å²) in [5.41, 5.74) is -1.69. The lowest BCUT2D eigenvalue weighted by atomic mass is 10.1. The smallest absolute Gasteiger partial charge is 0.369 e. The molecule has 1 unspecified atom stereocenters. The number of hydrogen-bond donors (Lipinski definition) is 0. The molecule has 104 valence electrons. The molecule has 0 amide bonds. The summed E-state index contributed by atoms with van der Waals surface area (Å²) in [5, 5.41) is 10.7. The molecule has 1 aliphatic rings. The molecule has 0 saturated carbocycles. The zero-order chi connectivity index (χ0) is 14.2. The van der Waals surface area contributed by atoms with Crippen molar-refractivity contribution in [3.63, 3.8) is 0 Å². The molecular formula is C12H13F3N2O2. The van der Waals surface area contributed by atoms with Crippen molar-refractivity contribution in [1.82, 2.24) is 0 Å². The summed E-state index contributed by atoms with van der Waals surface area (Å²) in [5.74, 6) is 0. The summed E-state index contributed by atoms with van der Waals surface area (Å²) >= 11 is 0. The van der Waals surface area contributed by atoms with E-state index < -0.39 is 22.4 Å². The number of nitro benzene ring substituents is 1. The summed E-state index contributed by atoms with van der Waals surface area (Å²) in [6, 6.07) is 3.35. The molecular weight excluding hydrogens is 261 g/mol. The zero-order valence-electron chi connectivity index (χ0n) is 10.3. The van der Waals surface area contributed by atoms with Gasteiger partial charge in [0, 0.05) is 24.3 Å². The van der Waals surface area contributed by atoms with Crippen LogP contribution in [0.2, 0.25) is 0 Å². The van der Waals surface area contributed by atoms with E-state index in [-0.39, 0.29) is 6.04 Å². The maximum absolute atomic E-state index is 12.8. The Kier molecular flexibility index (Phi) is 3.38. The Hall–Kier alpha value is -1.79. The SMILES string of the molecule is CC1CCCN1c1ccc([N+](=O)[O-])c(C(F)(F)F)c1. The summed E-state index contributed by atoms with van der Waals surface area (Å²) in [6.45, 7) is 2.61. The Morgan fingerprint density at radius 1 is 1.42 bits per heavy atom. The third-order valence-corrected chi connectivity index (χ3v) is 3.37. The Bertz CT molecular complexity index is 502. The lowest BCUT2D eigenvalue weighted by Gasteiger charge is -2.24. The number of anilines is 1. The molecule has 1 aromatic rings. The largest absolute Gasteiger partial charge is 0.423 e. The van der Waals surface area contributed by atoms with E-state index in [1.54, 1.807) is 0 Å². The molecule has 0 aliphatic carbocycles. The lowest BCUT2D eigenvalue weighted by Crippen LogP contribution is -2.26. The van der Waals surface area contributed by atoms with Gasteiger partial charge in [-0.15, -0.1) is 0 Å². The topological polar surface area (TPSA) is 46.4 Å². The fourth-order valence-electron chi connectivity index (χ4n) is 2.41. The molecule has 1 atom stereocenters. The van der Waals surface area contributed by atoms with Gasteiger partial charge in [0.15, 0.2) is 0 Å². The number of alkyl halides is 3. The number of benzene rings is 1. The normalized spacial score (nSPS) is 19.8. The van der Waals surface area contributed by atoms with Gasteiger partial charge in [0.1, 0.15) is 5.56 Å².